The Balaban J connectivity index is 0.00000156. The Labute approximate surface area is 160 Å². The summed E-state index contributed by atoms with van der Waals surface area (Å²) in [5.74, 6) is 0.768. The Morgan fingerprint density at radius 3 is 2.72 bits per heavy atom. The van der Waals surface area contributed by atoms with E-state index in [-0.39, 0.29) is 48.9 Å². The van der Waals surface area contributed by atoms with Gasteiger partial charge in [0.25, 0.3) is 5.56 Å². The van der Waals surface area contributed by atoms with E-state index in [1.807, 2.05) is 6.92 Å². The molecule has 1 fully saturated rings. The number of nitrogens with zero attached hydrogens (tertiary/aromatic N) is 2. The van der Waals surface area contributed by atoms with Crippen LogP contribution in [0.4, 0.5) is 0 Å². The van der Waals surface area contributed by atoms with E-state index in [2.05, 4.69) is 10.3 Å². The smallest absolute Gasteiger partial charge is 0.309 e. The molecule has 2 aliphatic rings. The molecule has 1 N–H and O–H groups in total. The fraction of sp³-hybridized carbons (Fsp3) is 0.706. The molecule has 25 heavy (non-hydrogen) atoms. The predicted octanol–water partition coefficient (Wildman–Crippen LogP) is 1.82. The van der Waals surface area contributed by atoms with Gasteiger partial charge in [-0.1, -0.05) is 0 Å². The maximum atomic E-state index is 12.6. The molecule has 0 bridgehead atoms. The third-order valence-corrected chi connectivity index (χ3v) is 4.85. The summed E-state index contributed by atoms with van der Waals surface area (Å²) in [6.45, 7) is 4.63. The average Bonchev–Trinajstić information content (AvgIpc) is 2.58. The summed E-state index contributed by atoms with van der Waals surface area (Å²) in [5, 5.41) is 3.24. The first-order valence-corrected chi connectivity index (χ1v) is 8.63. The zero-order chi connectivity index (χ0) is 16.2. The lowest BCUT2D eigenvalue weighted by Crippen LogP contribution is -2.34. The third kappa shape index (κ3) is 5.19. The first-order valence-electron chi connectivity index (χ1n) is 8.63. The van der Waals surface area contributed by atoms with Crippen LogP contribution < -0.4 is 10.9 Å². The van der Waals surface area contributed by atoms with Crippen molar-refractivity contribution in [1.29, 1.82) is 0 Å². The minimum atomic E-state index is -0.129. The number of hydrogen-bond acceptors (Lipinski definition) is 5. The van der Waals surface area contributed by atoms with E-state index in [9.17, 15) is 9.59 Å². The van der Waals surface area contributed by atoms with Gasteiger partial charge in [-0.15, -0.1) is 24.8 Å². The molecule has 142 valence electrons. The molecule has 0 saturated carbocycles. The highest BCUT2D eigenvalue weighted by Gasteiger charge is 2.23. The number of carbonyl (C=O) groups is 1. The molecule has 0 aliphatic carbocycles. The number of fused-ring (bicyclic) bond motifs is 1. The fourth-order valence-electron chi connectivity index (χ4n) is 3.45. The van der Waals surface area contributed by atoms with Crippen LogP contribution in [0.3, 0.4) is 0 Å². The monoisotopic (exact) mass is 391 g/mol. The summed E-state index contributed by atoms with van der Waals surface area (Å²) >= 11 is 0. The van der Waals surface area contributed by atoms with Crippen LogP contribution in [0.25, 0.3) is 0 Å². The van der Waals surface area contributed by atoms with Crippen LogP contribution in [-0.2, 0) is 28.9 Å². The van der Waals surface area contributed by atoms with Crippen LogP contribution in [-0.4, -0.2) is 35.2 Å². The van der Waals surface area contributed by atoms with Crippen LogP contribution in [0.5, 0.6) is 0 Å². The van der Waals surface area contributed by atoms with E-state index in [4.69, 9.17) is 4.74 Å². The van der Waals surface area contributed by atoms with Crippen molar-refractivity contribution < 1.29 is 9.53 Å². The lowest BCUT2D eigenvalue weighted by atomic mass is 9.98. The molecular weight excluding hydrogens is 365 g/mol. The third-order valence-electron chi connectivity index (χ3n) is 4.85. The summed E-state index contributed by atoms with van der Waals surface area (Å²) in [6.07, 6.45) is 5.12. The Morgan fingerprint density at radius 1 is 1.28 bits per heavy atom. The Bertz CT molecular complexity index is 643. The summed E-state index contributed by atoms with van der Waals surface area (Å²) in [7, 11) is 0. The molecular formula is C17H27Cl2N3O3. The number of piperidine rings is 1. The van der Waals surface area contributed by atoms with E-state index in [1.54, 1.807) is 4.57 Å². The van der Waals surface area contributed by atoms with Gasteiger partial charge in [-0.25, -0.2) is 4.98 Å². The number of halogens is 2. The number of aromatic nitrogens is 2. The maximum absolute atomic E-state index is 12.6. The van der Waals surface area contributed by atoms with Crippen molar-refractivity contribution in [2.45, 2.75) is 52.0 Å². The van der Waals surface area contributed by atoms with Crippen LogP contribution in [0.1, 0.15) is 42.8 Å². The van der Waals surface area contributed by atoms with Crippen molar-refractivity contribution in [3.8, 4) is 0 Å². The van der Waals surface area contributed by atoms with Crippen molar-refractivity contribution in [3.05, 3.63) is 27.4 Å². The standard InChI is InChI=1S/C17H25N3O3.2ClH/c1-12-14(16(21)20-10-3-2-4-15(20)19-12)7-11-23-17(22)13-5-8-18-9-6-13;;/h13,18H,2-11H2,1H3;2*1H. The number of nitrogens with one attached hydrogen (secondary N) is 1. The average molecular weight is 392 g/mol. The molecule has 6 nitrogen and oxygen atoms in total. The van der Waals surface area contributed by atoms with E-state index < -0.39 is 0 Å². The summed E-state index contributed by atoms with van der Waals surface area (Å²) < 4.78 is 7.19. The van der Waals surface area contributed by atoms with Crippen LogP contribution in [0.15, 0.2) is 4.79 Å². The molecule has 2 aliphatic heterocycles. The topological polar surface area (TPSA) is 73.2 Å². The molecule has 0 radical (unpaired) electrons. The number of hydrogen-bond donors (Lipinski definition) is 1. The summed E-state index contributed by atoms with van der Waals surface area (Å²) in [5.41, 5.74) is 1.51. The molecule has 1 saturated heterocycles. The van der Waals surface area contributed by atoms with Crippen LogP contribution in [0.2, 0.25) is 0 Å². The maximum Gasteiger partial charge on any atom is 0.309 e. The SMILES string of the molecule is Cc1nc2n(c(=O)c1CCOC(=O)C1CCNCC1)CCCC2.Cl.Cl. The molecule has 0 amide bonds. The second kappa shape index (κ2) is 10.1. The van der Waals surface area contributed by atoms with Gasteiger partial charge >= 0.3 is 5.97 Å². The molecule has 3 heterocycles. The second-order valence-electron chi connectivity index (χ2n) is 6.45. The fourth-order valence-corrected chi connectivity index (χ4v) is 3.45. The van der Waals surface area contributed by atoms with Crippen molar-refractivity contribution in [1.82, 2.24) is 14.9 Å². The van der Waals surface area contributed by atoms with Gasteiger partial charge in [-0.2, -0.15) is 0 Å². The van der Waals surface area contributed by atoms with E-state index >= 15 is 0 Å². The molecule has 0 aromatic carbocycles. The zero-order valence-electron chi connectivity index (χ0n) is 14.6. The molecule has 1 aromatic heterocycles. The van der Waals surface area contributed by atoms with Gasteiger partial charge in [0.05, 0.1) is 12.5 Å². The highest BCUT2D eigenvalue weighted by molar-refractivity contribution is 5.85. The zero-order valence-corrected chi connectivity index (χ0v) is 16.2. The number of aryl methyl sites for hydroxylation is 2. The van der Waals surface area contributed by atoms with E-state index in [0.717, 1.165) is 63.3 Å². The summed E-state index contributed by atoms with van der Waals surface area (Å²) in [4.78, 5) is 29.2. The quantitative estimate of drug-likeness (QED) is 0.792. The molecule has 0 unspecified atom stereocenters. The summed E-state index contributed by atoms with van der Waals surface area (Å²) in [6, 6.07) is 0. The van der Waals surface area contributed by atoms with Gasteiger partial charge in [0, 0.05) is 30.6 Å². The highest BCUT2D eigenvalue weighted by Crippen LogP contribution is 2.15. The van der Waals surface area contributed by atoms with Gasteiger partial charge in [-0.05, 0) is 45.7 Å². The molecule has 1 aromatic rings. The minimum Gasteiger partial charge on any atom is -0.465 e. The second-order valence-corrected chi connectivity index (χ2v) is 6.45. The Morgan fingerprint density at radius 2 is 2.00 bits per heavy atom. The van der Waals surface area contributed by atoms with E-state index in [1.165, 1.54) is 0 Å². The molecule has 8 heteroatoms. The number of rotatable bonds is 4. The molecule has 3 rings (SSSR count). The largest absolute Gasteiger partial charge is 0.465 e. The van der Waals surface area contributed by atoms with Crippen molar-refractivity contribution in [3.63, 3.8) is 0 Å². The Hall–Kier alpha value is -1.11. The minimum absolute atomic E-state index is 0. The number of ether oxygens (including phenoxy) is 1. The lowest BCUT2D eigenvalue weighted by Gasteiger charge is -2.21. The van der Waals surface area contributed by atoms with E-state index in [0.29, 0.717) is 12.0 Å². The van der Waals surface area contributed by atoms with Crippen molar-refractivity contribution in [2.24, 2.45) is 5.92 Å². The van der Waals surface area contributed by atoms with Gasteiger partial charge in [0.2, 0.25) is 0 Å². The number of esters is 1. The van der Waals surface area contributed by atoms with Crippen molar-refractivity contribution in [2.75, 3.05) is 19.7 Å². The first-order chi connectivity index (χ1) is 11.2. The van der Waals surface area contributed by atoms with Gasteiger partial charge in [0.15, 0.2) is 0 Å². The lowest BCUT2D eigenvalue weighted by molar-refractivity contribution is -0.149. The number of carbonyl (C=O) groups excluding carboxylic acids is 1. The molecule has 0 spiro atoms. The van der Waals surface area contributed by atoms with Crippen LogP contribution in [0, 0.1) is 12.8 Å². The highest BCUT2D eigenvalue weighted by atomic mass is 35.5. The van der Waals surface area contributed by atoms with Gasteiger partial charge in [0.1, 0.15) is 5.82 Å². The van der Waals surface area contributed by atoms with Gasteiger partial charge < -0.3 is 10.1 Å². The predicted molar refractivity (Wildman–Crippen MR) is 101 cm³/mol. The van der Waals surface area contributed by atoms with Crippen molar-refractivity contribution >= 4 is 30.8 Å². The first kappa shape index (κ1) is 21.9. The van der Waals surface area contributed by atoms with Gasteiger partial charge in [-0.3, -0.25) is 14.2 Å². The normalized spacial score (nSPS) is 17.0. The Kier molecular flexibility index (Phi) is 8.89. The molecule has 0 atom stereocenters. The van der Waals surface area contributed by atoms with Crippen LogP contribution >= 0.6 is 24.8 Å².